The number of para-hydroxylation sites is 2. The summed E-state index contributed by atoms with van der Waals surface area (Å²) < 4.78 is 56.2. The normalized spacial score (nSPS) is 11.7. The topological polar surface area (TPSA) is 167 Å². The largest absolute Gasteiger partial charge is 0.478 e. The van der Waals surface area contributed by atoms with Crippen molar-refractivity contribution in [3.05, 3.63) is 202 Å². The number of rotatable bonds is 17. The average Bonchev–Trinajstić information content (AvgIpc) is 3.25. The zero-order valence-electron chi connectivity index (χ0n) is 35.0. The lowest BCUT2D eigenvalue weighted by atomic mass is 9.87. The molecule has 0 unspecified atom stereocenters. The molecule has 0 spiro atoms. The highest BCUT2D eigenvalue weighted by Crippen LogP contribution is 2.26. The molecular weight excluding hydrogens is 821 g/mol. The third-order valence-corrected chi connectivity index (χ3v) is 12.4. The maximum atomic E-state index is 12.9. The van der Waals surface area contributed by atoms with Gasteiger partial charge in [-0.1, -0.05) is 124 Å². The Morgan fingerprint density at radius 3 is 1.42 bits per heavy atom. The second-order valence-electron chi connectivity index (χ2n) is 15.8. The predicted molar refractivity (Wildman–Crippen MR) is 248 cm³/mol. The van der Waals surface area contributed by atoms with Crippen LogP contribution in [0.15, 0.2) is 162 Å². The molecule has 0 saturated heterocycles. The number of aryl methyl sites for hydroxylation is 4. The van der Waals surface area contributed by atoms with Crippen molar-refractivity contribution in [2.45, 2.75) is 69.6 Å². The first-order chi connectivity index (χ1) is 29.5. The van der Waals surface area contributed by atoms with Crippen LogP contribution in [-0.2, 0) is 51.1 Å². The molecular formula is C50H52N2O8S2. The number of hydrogen-bond donors (Lipinski definition) is 4. The number of benzene rings is 6. The molecule has 62 heavy (non-hydrogen) atoms. The molecule has 0 atom stereocenters. The van der Waals surface area contributed by atoms with Crippen LogP contribution in [0.25, 0.3) is 6.08 Å². The molecule has 0 bridgehead atoms. The fourth-order valence-electron chi connectivity index (χ4n) is 6.53. The summed E-state index contributed by atoms with van der Waals surface area (Å²) >= 11 is 0. The van der Waals surface area contributed by atoms with E-state index < -0.39 is 32.0 Å². The smallest absolute Gasteiger partial charge is 0.335 e. The van der Waals surface area contributed by atoms with Crippen molar-refractivity contribution < 1.29 is 36.6 Å². The van der Waals surface area contributed by atoms with Gasteiger partial charge in [0.25, 0.3) is 20.0 Å². The molecule has 6 rings (SSSR count). The number of carbonyl (C=O) groups is 2. The van der Waals surface area contributed by atoms with Gasteiger partial charge in [-0.2, -0.15) is 0 Å². The number of nitrogens with one attached hydrogen (secondary N) is 2. The van der Waals surface area contributed by atoms with Crippen LogP contribution in [0, 0.1) is 0 Å². The molecule has 0 saturated carbocycles. The molecule has 10 nitrogen and oxygen atoms in total. The lowest BCUT2D eigenvalue weighted by Crippen LogP contribution is -2.15. The van der Waals surface area contributed by atoms with Gasteiger partial charge in [-0.3, -0.25) is 9.44 Å². The average molecular weight is 873 g/mol. The van der Waals surface area contributed by atoms with Crippen LogP contribution in [0.2, 0.25) is 0 Å². The van der Waals surface area contributed by atoms with Gasteiger partial charge in [0.2, 0.25) is 0 Å². The van der Waals surface area contributed by atoms with E-state index in [4.69, 9.17) is 10.2 Å². The Bertz CT molecular complexity index is 2670. The van der Waals surface area contributed by atoms with Crippen LogP contribution in [0.1, 0.15) is 87.7 Å². The Morgan fingerprint density at radius 1 is 0.532 bits per heavy atom. The van der Waals surface area contributed by atoms with Gasteiger partial charge in [0.1, 0.15) is 0 Å². The highest BCUT2D eigenvalue weighted by molar-refractivity contribution is 7.95. The molecule has 0 amide bonds. The molecule has 0 aliphatic heterocycles. The number of carboxylic acids is 2. The van der Waals surface area contributed by atoms with Crippen LogP contribution in [0.5, 0.6) is 0 Å². The summed E-state index contributed by atoms with van der Waals surface area (Å²) in [6.45, 7) is 6.27. The van der Waals surface area contributed by atoms with Gasteiger partial charge in [-0.25, -0.2) is 26.4 Å². The maximum Gasteiger partial charge on any atom is 0.335 e. The van der Waals surface area contributed by atoms with E-state index in [1.165, 1.54) is 5.41 Å². The van der Waals surface area contributed by atoms with Crippen molar-refractivity contribution in [3.63, 3.8) is 0 Å². The highest BCUT2D eigenvalue weighted by atomic mass is 32.2. The number of carboxylic acid groups (broad SMARTS) is 2. The van der Waals surface area contributed by atoms with E-state index in [2.05, 4.69) is 30.2 Å². The summed E-state index contributed by atoms with van der Waals surface area (Å²) in [5.74, 6) is -1.88. The van der Waals surface area contributed by atoms with Crippen molar-refractivity contribution >= 4 is 49.4 Å². The van der Waals surface area contributed by atoms with E-state index in [1.807, 2.05) is 97.1 Å². The van der Waals surface area contributed by atoms with E-state index in [0.717, 1.165) is 59.1 Å². The van der Waals surface area contributed by atoms with Crippen LogP contribution in [-0.4, -0.2) is 39.0 Å². The van der Waals surface area contributed by atoms with Gasteiger partial charge in [-0.15, -0.1) is 0 Å². The summed E-state index contributed by atoms with van der Waals surface area (Å²) in [6.07, 6.45) is 6.12. The summed E-state index contributed by atoms with van der Waals surface area (Å²) in [7, 11) is -7.33. The minimum atomic E-state index is -3.69. The zero-order chi connectivity index (χ0) is 44.8. The first kappa shape index (κ1) is 46.6. The summed E-state index contributed by atoms with van der Waals surface area (Å²) in [5.41, 5.74) is 7.45. The van der Waals surface area contributed by atoms with Crippen LogP contribution in [0.4, 0.5) is 11.4 Å². The van der Waals surface area contributed by atoms with Crippen molar-refractivity contribution in [1.29, 1.82) is 0 Å². The van der Waals surface area contributed by atoms with E-state index in [-0.39, 0.29) is 21.4 Å². The fraction of sp³-hybridized carbons (Fsp3) is 0.200. The third kappa shape index (κ3) is 14.3. The van der Waals surface area contributed by atoms with Gasteiger partial charge < -0.3 is 10.2 Å². The van der Waals surface area contributed by atoms with Crippen LogP contribution >= 0.6 is 0 Å². The molecule has 6 aromatic carbocycles. The number of aromatic carboxylic acids is 2. The predicted octanol–water partition coefficient (Wildman–Crippen LogP) is 10.6. The summed E-state index contributed by atoms with van der Waals surface area (Å²) in [4.78, 5) is 22.1. The second-order valence-corrected chi connectivity index (χ2v) is 19.0. The monoisotopic (exact) mass is 872 g/mol. The molecule has 0 aromatic heterocycles. The minimum Gasteiger partial charge on any atom is -0.478 e. The summed E-state index contributed by atoms with van der Waals surface area (Å²) in [5, 5.41) is 19.1. The zero-order valence-corrected chi connectivity index (χ0v) is 36.6. The van der Waals surface area contributed by atoms with E-state index in [1.54, 1.807) is 60.7 Å². The first-order valence-corrected chi connectivity index (χ1v) is 23.2. The lowest BCUT2D eigenvalue weighted by Gasteiger charge is -2.19. The minimum absolute atomic E-state index is 0.0454. The van der Waals surface area contributed by atoms with Gasteiger partial charge in [0.05, 0.1) is 32.8 Å². The SMILES string of the molecule is CC(C)(C)c1ccc(S(=O)(=O)Nc2ccccc2CCCc2ccc(C(=O)O)cc2)cc1.O=C(O)c1ccc(CCCc2ccccc2NS(=O)(=O)/C=C/c2ccccc2)cc1. The maximum absolute atomic E-state index is 12.9. The molecule has 0 heterocycles. The molecule has 12 heteroatoms. The van der Waals surface area contributed by atoms with E-state index >= 15 is 0 Å². The molecule has 0 aliphatic rings. The summed E-state index contributed by atoms with van der Waals surface area (Å²) in [6, 6.07) is 44.7. The molecule has 4 N–H and O–H groups in total. The van der Waals surface area contributed by atoms with Crippen molar-refractivity contribution in [2.75, 3.05) is 9.44 Å². The van der Waals surface area contributed by atoms with Gasteiger partial charge in [0, 0.05) is 0 Å². The quantitative estimate of drug-likeness (QED) is 0.0703. The van der Waals surface area contributed by atoms with Crippen molar-refractivity contribution in [1.82, 2.24) is 0 Å². The van der Waals surface area contributed by atoms with Gasteiger partial charge in [0.15, 0.2) is 0 Å². The third-order valence-electron chi connectivity index (χ3n) is 10.0. The molecule has 0 fully saturated rings. The Kier molecular flexibility index (Phi) is 16.0. The second kappa shape index (κ2) is 21.3. The lowest BCUT2D eigenvalue weighted by molar-refractivity contribution is 0.0686. The Morgan fingerprint density at radius 2 is 0.968 bits per heavy atom. The van der Waals surface area contributed by atoms with Gasteiger partial charge in [-0.05, 0) is 132 Å². The Hall–Kier alpha value is -6.50. The highest BCUT2D eigenvalue weighted by Gasteiger charge is 2.19. The Balaban J connectivity index is 0.000000235. The molecule has 6 aromatic rings. The molecule has 0 radical (unpaired) electrons. The van der Waals surface area contributed by atoms with E-state index in [0.29, 0.717) is 24.2 Å². The van der Waals surface area contributed by atoms with Crippen LogP contribution < -0.4 is 9.44 Å². The van der Waals surface area contributed by atoms with E-state index in [9.17, 15) is 26.4 Å². The van der Waals surface area contributed by atoms with Crippen molar-refractivity contribution in [2.24, 2.45) is 0 Å². The molecule has 322 valence electrons. The standard InChI is InChI=1S/C26H29NO4S.C24H23NO4S/c1-26(2,3)22-15-17-23(18-16-22)32(30,31)27-24-10-5-4-8-20(24)9-6-7-19-11-13-21(14-12-19)25(28)29;26-24(27)22-15-13-20(14-16-22)9-6-11-21-10-4-5-12-23(21)25-30(28,29)18-17-19-7-2-1-3-8-19/h4-5,8,10-18,27H,6-7,9H2,1-3H3,(H,28,29);1-5,7-8,10,12-18,25H,6,9,11H2,(H,26,27)/b;18-17+. The number of anilines is 2. The van der Waals surface area contributed by atoms with Crippen molar-refractivity contribution in [3.8, 4) is 0 Å². The molecule has 0 aliphatic carbocycles. The van der Waals surface area contributed by atoms with Gasteiger partial charge >= 0.3 is 11.9 Å². The van der Waals surface area contributed by atoms with Crippen LogP contribution in [0.3, 0.4) is 0 Å². The number of sulfonamides is 2. The number of hydrogen-bond acceptors (Lipinski definition) is 6. The Labute approximate surface area is 365 Å². The fourth-order valence-corrected chi connectivity index (χ4v) is 8.54. The first-order valence-electron chi connectivity index (χ1n) is 20.2.